The predicted molar refractivity (Wildman–Crippen MR) is 113 cm³/mol. The highest BCUT2D eigenvalue weighted by molar-refractivity contribution is 8.00. The quantitative estimate of drug-likeness (QED) is 0.390. The molecule has 0 unspecified atom stereocenters. The number of amides is 1. The SMILES string of the molecule is C[C@@H](Sc1ncnc2c1cnn2-c1ccccc1)C(=O)Nc1ccc2c(c1)OCO2. The Morgan fingerprint density at radius 3 is 2.83 bits per heavy atom. The number of rotatable bonds is 5. The van der Waals surface area contributed by atoms with Crippen molar-refractivity contribution >= 4 is 34.4 Å². The van der Waals surface area contributed by atoms with Gasteiger partial charge >= 0.3 is 0 Å². The number of ether oxygens (including phenoxy) is 2. The van der Waals surface area contributed by atoms with Crippen LogP contribution in [0.5, 0.6) is 11.5 Å². The summed E-state index contributed by atoms with van der Waals surface area (Å²) in [6.07, 6.45) is 3.22. The van der Waals surface area contributed by atoms with E-state index in [1.165, 1.54) is 18.1 Å². The van der Waals surface area contributed by atoms with Gasteiger partial charge in [0, 0.05) is 11.8 Å². The van der Waals surface area contributed by atoms with Gasteiger partial charge in [0.15, 0.2) is 17.1 Å². The van der Waals surface area contributed by atoms with Crippen molar-refractivity contribution in [3.8, 4) is 17.2 Å². The van der Waals surface area contributed by atoms with E-state index in [2.05, 4.69) is 20.4 Å². The van der Waals surface area contributed by atoms with E-state index in [9.17, 15) is 4.79 Å². The lowest BCUT2D eigenvalue weighted by atomic mass is 10.2. The van der Waals surface area contributed by atoms with Crippen molar-refractivity contribution in [2.24, 2.45) is 0 Å². The van der Waals surface area contributed by atoms with Crippen LogP contribution in [0.3, 0.4) is 0 Å². The summed E-state index contributed by atoms with van der Waals surface area (Å²) in [5.41, 5.74) is 2.26. The third kappa shape index (κ3) is 3.43. The zero-order valence-electron chi connectivity index (χ0n) is 16.0. The maximum absolute atomic E-state index is 12.7. The monoisotopic (exact) mass is 419 g/mol. The molecule has 0 radical (unpaired) electrons. The Morgan fingerprint density at radius 1 is 1.13 bits per heavy atom. The number of anilines is 1. The zero-order valence-corrected chi connectivity index (χ0v) is 16.8. The van der Waals surface area contributed by atoms with Gasteiger partial charge in [-0.05, 0) is 31.2 Å². The average Bonchev–Trinajstić information content (AvgIpc) is 3.41. The van der Waals surface area contributed by atoms with E-state index in [1.54, 1.807) is 29.1 Å². The number of nitrogens with zero attached hydrogens (tertiary/aromatic N) is 4. The van der Waals surface area contributed by atoms with Gasteiger partial charge in [-0.3, -0.25) is 4.79 Å². The molecule has 8 nitrogen and oxygen atoms in total. The molecule has 3 heterocycles. The fraction of sp³-hybridized carbons (Fsp3) is 0.143. The van der Waals surface area contributed by atoms with E-state index in [0.717, 1.165) is 11.1 Å². The van der Waals surface area contributed by atoms with Crippen LogP contribution in [0.4, 0.5) is 5.69 Å². The van der Waals surface area contributed by atoms with Crippen molar-refractivity contribution in [1.82, 2.24) is 19.7 Å². The fourth-order valence-electron chi connectivity index (χ4n) is 3.11. The van der Waals surface area contributed by atoms with Gasteiger partial charge in [-0.25, -0.2) is 14.6 Å². The Labute approximate surface area is 176 Å². The molecule has 1 atom stereocenters. The van der Waals surface area contributed by atoms with Gasteiger partial charge < -0.3 is 14.8 Å². The van der Waals surface area contributed by atoms with Gasteiger partial charge in [0.1, 0.15) is 11.4 Å². The molecule has 150 valence electrons. The van der Waals surface area contributed by atoms with Crippen LogP contribution in [0.15, 0.2) is 66.1 Å². The maximum Gasteiger partial charge on any atom is 0.237 e. The first-order chi connectivity index (χ1) is 14.7. The highest BCUT2D eigenvalue weighted by Crippen LogP contribution is 2.35. The first-order valence-corrected chi connectivity index (χ1v) is 10.2. The number of carbonyl (C=O) groups excluding carboxylic acids is 1. The Morgan fingerprint density at radius 2 is 1.97 bits per heavy atom. The Balaban J connectivity index is 1.35. The maximum atomic E-state index is 12.7. The lowest BCUT2D eigenvalue weighted by molar-refractivity contribution is -0.115. The molecule has 1 aliphatic rings. The van der Waals surface area contributed by atoms with Crippen molar-refractivity contribution in [1.29, 1.82) is 0 Å². The molecule has 2 aromatic carbocycles. The van der Waals surface area contributed by atoms with Crippen molar-refractivity contribution in [3.63, 3.8) is 0 Å². The number of thioether (sulfide) groups is 1. The molecule has 0 saturated carbocycles. The average molecular weight is 419 g/mol. The normalized spacial score (nSPS) is 13.4. The van der Waals surface area contributed by atoms with Gasteiger partial charge in [-0.15, -0.1) is 0 Å². The summed E-state index contributed by atoms with van der Waals surface area (Å²) in [7, 11) is 0. The topological polar surface area (TPSA) is 91.2 Å². The number of nitrogens with one attached hydrogen (secondary N) is 1. The van der Waals surface area contributed by atoms with Crippen LogP contribution in [0.1, 0.15) is 6.92 Å². The van der Waals surface area contributed by atoms with Crippen LogP contribution in [0, 0.1) is 0 Å². The van der Waals surface area contributed by atoms with Crippen LogP contribution in [-0.2, 0) is 4.79 Å². The van der Waals surface area contributed by atoms with Gasteiger partial charge in [-0.2, -0.15) is 5.10 Å². The first kappa shape index (κ1) is 18.4. The lowest BCUT2D eigenvalue weighted by Gasteiger charge is -2.12. The molecule has 9 heteroatoms. The van der Waals surface area contributed by atoms with Gasteiger partial charge in [-0.1, -0.05) is 30.0 Å². The van der Waals surface area contributed by atoms with Gasteiger partial charge in [0.25, 0.3) is 0 Å². The van der Waals surface area contributed by atoms with E-state index >= 15 is 0 Å². The lowest BCUT2D eigenvalue weighted by Crippen LogP contribution is -2.22. The van der Waals surface area contributed by atoms with Crippen LogP contribution in [0.2, 0.25) is 0 Å². The minimum atomic E-state index is -0.381. The number of hydrogen-bond acceptors (Lipinski definition) is 7. The summed E-state index contributed by atoms with van der Waals surface area (Å²) in [5, 5.41) is 8.49. The summed E-state index contributed by atoms with van der Waals surface area (Å²) in [6.45, 7) is 2.03. The Bertz CT molecular complexity index is 1230. The van der Waals surface area contributed by atoms with Crippen molar-refractivity contribution < 1.29 is 14.3 Å². The van der Waals surface area contributed by atoms with E-state index in [-0.39, 0.29) is 18.0 Å². The van der Waals surface area contributed by atoms with E-state index in [4.69, 9.17) is 9.47 Å². The molecule has 5 rings (SSSR count). The molecule has 0 saturated heterocycles. The second-order valence-electron chi connectivity index (χ2n) is 6.63. The van der Waals surface area contributed by atoms with E-state index < -0.39 is 0 Å². The van der Waals surface area contributed by atoms with Crippen molar-refractivity contribution in [3.05, 3.63) is 61.1 Å². The highest BCUT2D eigenvalue weighted by atomic mass is 32.2. The molecular formula is C21H17N5O3S. The number of benzene rings is 2. The van der Waals surface area contributed by atoms with Crippen LogP contribution < -0.4 is 14.8 Å². The molecule has 2 aromatic heterocycles. The number of fused-ring (bicyclic) bond motifs is 2. The van der Waals surface area contributed by atoms with Gasteiger partial charge in [0.05, 0.1) is 22.5 Å². The molecule has 0 bridgehead atoms. The van der Waals surface area contributed by atoms with Crippen LogP contribution in [0.25, 0.3) is 16.7 Å². The summed E-state index contributed by atoms with van der Waals surface area (Å²) in [5.74, 6) is 1.16. The molecule has 4 aromatic rings. The zero-order chi connectivity index (χ0) is 20.5. The van der Waals surface area contributed by atoms with Gasteiger partial charge in [0.2, 0.25) is 12.7 Å². The molecule has 1 N–H and O–H groups in total. The third-order valence-electron chi connectivity index (χ3n) is 4.63. The first-order valence-electron chi connectivity index (χ1n) is 9.30. The molecule has 0 spiro atoms. The Kier molecular flexibility index (Phi) is 4.72. The van der Waals surface area contributed by atoms with E-state index in [0.29, 0.717) is 27.9 Å². The smallest absolute Gasteiger partial charge is 0.237 e. The molecular weight excluding hydrogens is 402 g/mol. The summed E-state index contributed by atoms with van der Waals surface area (Å²) in [4.78, 5) is 21.5. The summed E-state index contributed by atoms with van der Waals surface area (Å²) >= 11 is 1.36. The van der Waals surface area contributed by atoms with Crippen LogP contribution in [-0.4, -0.2) is 37.7 Å². The number of para-hydroxylation sites is 1. The molecule has 1 aliphatic heterocycles. The van der Waals surface area contributed by atoms with Crippen LogP contribution >= 0.6 is 11.8 Å². The number of hydrogen-bond donors (Lipinski definition) is 1. The summed E-state index contributed by atoms with van der Waals surface area (Å²) < 4.78 is 12.4. The van der Waals surface area contributed by atoms with Crippen molar-refractivity contribution in [2.75, 3.05) is 12.1 Å². The molecule has 0 fully saturated rings. The number of carbonyl (C=O) groups is 1. The largest absolute Gasteiger partial charge is 0.454 e. The second-order valence-corrected chi connectivity index (χ2v) is 7.95. The van der Waals surface area contributed by atoms with E-state index in [1.807, 2.05) is 37.3 Å². The standard InChI is InChI=1S/C21H17N5O3S/c1-13(20(27)25-14-7-8-17-18(9-14)29-12-28-17)30-21-16-10-24-26(19(16)22-11-23-21)15-5-3-2-4-6-15/h2-11,13H,12H2,1H3,(H,25,27)/t13-/m1/s1. The molecule has 30 heavy (non-hydrogen) atoms. The van der Waals surface area contributed by atoms with Crippen molar-refractivity contribution in [2.45, 2.75) is 17.2 Å². The highest BCUT2D eigenvalue weighted by Gasteiger charge is 2.20. The fourth-order valence-corrected chi connectivity index (χ4v) is 3.99. The summed E-state index contributed by atoms with van der Waals surface area (Å²) in [6, 6.07) is 15.1. The second kappa shape index (κ2) is 7.68. The Hall–Kier alpha value is -3.59. The molecule has 1 amide bonds. The minimum absolute atomic E-state index is 0.138. The molecule has 0 aliphatic carbocycles. The predicted octanol–water partition coefficient (Wildman–Crippen LogP) is 3.66. The minimum Gasteiger partial charge on any atom is -0.454 e. The third-order valence-corrected chi connectivity index (χ3v) is 5.74. The number of aromatic nitrogens is 4.